The zero-order valence-electron chi connectivity index (χ0n) is 9.48. The molecule has 0 radical (unpaired) electrons. The number of rotatable bonds is 2. The Morgan fingerprint density at radius 2 is 2.22 bits per heavy atom. The van der Waals surface area contributed by atoms with Crippen molar-refractivity contribution in [1.82, 2.24) is 25.1 Å². The summed E-state index contributed by atoms with van der Waals surface area (Å²) in [6.45, 7) is 1.92. The Bertz CT molecular complexity index is 708. The minimum absolute atomic E-state index is 0.172. The summed E-state index contributed by atoms with van der Waals surface area (Å²) < 4.78 is 0. The first kappa shape index (κ1) is 10.9. The molecule has 6 nitrogen and oxygen atoms in total. The summed E-state index contributed by atoms with van der Waals surface area (Å²) in [5.41, 5.74) is 1.65. The van der Waals surface area contributed by atoms with Gasteiger partial charge in [0.25, 0.3) is 0 Å². The Kier molecular flexibility index (Phi) is 2.56. The fourth-order valence-electron chi connectivity index (χ4n) is 1.65. The lowest BCUT2D eigenvalue weighted by Gasteiger charge is -2.05. The van der Waals surface area contributed by atoms with E-state index in [9.17, 15) is 0 Å². The third-order valence-electron chi connectivity index (χ3n) is 2.42. The molecule has 0 amide bonds. The Balaban J connectivity index is 2.10. The summed E-state index contributed by atoms with van der Waals surface area (Å²) in [5, 5.41) is 11.1. The van der Waals surface area contributed by atoms with Crippen LogP contribution in [-0.2, 0) is 0 Å². The van der Waals surface area contributed by atoms with Crippen LogP contribution in [0, 0.1) is 6.92 Å². The maximum Gasteiger partial charge on any atom is 0.224 e. The number of aromatic nitrogens is 5. The first-order valence-corrected chi connectivity index (χ1v) is 5.66. The van der Waals surface area contributed by atoms with Gasteiger partial charge in [0, 0.05) is 23.3 Å². The smallest absolute Gasteiger partial charge is 0.224 e. The summed E-state index contributed by atoms with van der Waals surface area (Å²) in [5.74, 6) is 1.29. The first-order valence-electron chi connectivity index (χ1n) is 5.29. The van der Waals surface area contributed by atoms with Crippen molar-refractivity contribution in [3.05, 3.63) is 35.5 Å². The molecule has 18 heavy (non-hydrogen) atoms. The Labute approximate surface area is 107 Å². The second kappa shape index (κ2) is 4.23. The van der Waals surface area contributed by atoms with Gasteiger partial charge in [-0.2, -0.15) is 10.1 Å². The molecule has 0 aliphatic rings. The van der Waals surface area contributed by atoms with E-state index in [2.05, 4.69) is 30.5 Å². The molecule has 0 fully saturated rings. The largest absolute Gasteiger partial charge is 0.323 e. The van der Waals surface area contributed by atoms with Crippen LogP contribution in [0.15, 0.2) is 24.5 Å². The number of nitrogens with one attached hydrogen (secondary N) is 2. The van der Waals surface area contributed by atoms with Gasteiger partial charge in [0.2, 0.25) is 5.28 Å². The van der Waals surface area contributed by atoms with E-state index in [0.717, 1.165) is 11.1 Å². The predicted octanol–water partition coefficient (Wildman–Crippen LogP) is 2.45. The molecular weight excluding hydrogens is 252 g/mol. The third kappa shape index (κ3) is 1.98. The van der Waals surface area contributed by atoms with Gasteiger partial charge in [0.15, 0.2) is 5.82 Å². The lowest BCUT2D eigenvalue weighted by molar-refractivity contribution is 1.05. The zero-order valence-corrected chi connectivity index (χ0v) is 10.2. The van der Waals surface area contributed by atoms with Crippen LogP contribution in [0.25, 0.3) is 10.9 Å². The number of pyridine rings is 1. The highest BCUT2D eigenvalue weighted by molar-refractivity contribution is 6.28. The number of fused-ring (bicyclic) bond motifs is 1. The van der Waals surface area contributed by atoms with Gasteiger partial charge in [-0.15, -0.1) is 0 Å². The molecule has 0 bridgehead atoms. The second-order valence-corrected chi connectivity index (χ2v) is 4.13. The van der Waals surface area contributed by atoms with Crippen molar-refractivity contribution in [3.8, 4) is 0 Å². The van der Waals surface area contributed by atoms with E-state index in [1.807, 2.05) is 19.1 Å². The number of aryl methyl sites for hydroxylation is 1. The molecule has 0 atom stereocenters. The maximum atomic E-state index is 5.88. The van der Waals surface area contributed by atoms with E-state index >= 15 is 0 Å². The summed E-state index contributed by atoms with van der Waals surface area (Å²) in [7, 11) is 0. The quantitative estimate of drug-likeness (QED) is 0.692. The number of H-pyrrole nitrogens is 1. The average molecular weight is 261 g/mol. The molecule has 0 spiro atoms. The fraction of sp³-hybridized carbons (Fsp3) is 0.0909. The summed E-state index contributed by atoms with van der Waals surface area (Å²) in [6, 6.07) is 3.70. The number of aromatic amines is 1. The SMILES string of the molecule is Cc1cc(Nc2nc(Cl)nc3cnccc23)n[nH]1. The third-order valence-corrected chi connectivity index (χ3v) is 2.59. The predicted molar refractivity (Wildman–Crippen MR) is 69.0 cm³/mol. The van der Waals surface area contributed by atoms with Crippen LogP contribution in [0.2, 0.25) is 5.28 Å². The van der Waals surface area contributed by atoms with Gasteiger partial charge in [-0.3, -0.25) is 10.1 Å². The van der Waals surface area contributed by atoms with Crippen molar-refractivity contribution in [2.45, 2.75) is 6.92 Å². The van der Waals surface area contributed by atoms with Crippen molar-refractivity contribution in [2.24, 2.45) is 0 Å². The molecule has 3 rings (SSSR count). The molecule has 0 aliphatic carbocycles. The van der Waals surface area contributed by atoms with E-state index in [1.165, 1.54) is 0 Å². The topological polar surface area (TPSA) is 79.4 Å². The molecule has 90 valence electrons. The summed E-state index contributed by atoms with van der Waals surface area (Å²) >= 11 is 5.88. The highest BCUT2D eigenvalue weighted by atomic mass is 35.5. The van der Waals surface area contributed by atoms with E-state index in [1.54, 1.807) is 12.4 Å². The Morgan fingerprint density at radius 3 is 3.00 bits per heavy atom. The van der Waals surface area contributed by atoms with Gasteiger partial charge in [0.1, 0.15) is 5.82 Å². The molecule has 3 aromatic rings. The zero-order chi connectivity index (χ0) is 12.5. The van der Waals surface area contributed by atoms with E-state index < -0.39 is 0 Å². The number of halogens is 1. The van der Waals surface area contributed by atoms with E-state index in [-0.39, 0.29) is 5.28 Å². The van der Waals surface area contributed by atoms with Crippen LogP contribution in [0.3, 0.4) is 0 Å². The van der Waals surface area contributed by atoms with Crippen LogP contribution in [0.4, 0.5) is 11.6 Å². The highest BCUT2D eigenvalue weighted by Gasteiger charge is 2.08. The van der Waals surface area contributed by atoms with Crippen LogP contribution >= 0.6 is 11.6 Å². The average Bonchev–Trinajstić information content (AvgIpc) is 2.74. The molecule has 0 saturated carbocycles. The first-order chi connectivity index (χ1) is 8.72. The normalized spacial score (nSPS) is 10.8. The van der Waals surface area contributed by atoms with Gasteiger partial charge in [-0.25, -0.2) is 4.98 Å². The Morgan fingerprint density at radius 1 is 1.33 bits per heavy atom. The molecular formula is C11H9ClN6. The van der Waals surface area contributed by atoms with Gasteiger partial charge in [-0.05, 0) is 24.6 Å². The number of hydrogen-bond acceptors (Lipinski definition) is 5. The summed E-state index contributed by atoms with van der Waals surface area (Å²) in [6.07, 6.45) is 3.32. The molecule has 3 heterocycles. The van der Waals surface area contributed by atoms with Gasteiger partial charge in [-0.1, -0.05) is 0 Å². The van der Waals surface area contributed by atoms with Crippen LogP contribution in [0.5, 0.6) is 0 Å². The van der Waals surface area contributed by atoms with Crippen molar-refractivity contribution in [2.75, 3.05) is 5.32 Å². The van der Waals surface area contributed by atoms with Gasteiger partial charge >= 0.3 is 0 Å². The molecule has 0 aliphatic heterocycles. The van der Waals surface area contributed by atoms with Crippen LogP contribution < -0.4 is 5.32 Å². The number of anilines is 2. The molecule has 3 aromatic heterocycles. The number of hydrogen-bond donors (Lipinski definition) is 2. The maximum absolute atomic E-state index is 5.88. The van der Waals surface area contributed by atoms with Crippen LogP contribution in [-0.4, -0.2) is 25.1 Å². The molecule has 7 heteroatoms. The van der Waals surface area contributed by atoms with E-state index in [4.69, 9.17) is 11.6 Å². The molecule has 2 N–H and O–H groups in total. The summed E-state index contributed by atoms with van der Waals surface area (Å²) in [4.78, 5) is 12.3. The monoisotopic (exact) mass is 260 g/mol. The number of nitrogens with zero attached hydrogens (tertiary/aromatic N) is 4. The van der Waals surface area contributed by atoms with Crippen molar-refractivity contribution in [3.63, 3.8) is 0 Å². The lowest BCUT2D eigenvalue weighted by Crippen LogP contribution is -1.97. The minimum Gasteiger partial charge on any atom is -0.323 e. The lowest BCUT2D eigenvalue weighted by atomic mass is 10.3. The van der Waals surface area contributed by atoms with Crippen molar-refractivity contribution < 1.29 is 0 Å². The Hall–Kier alpha value is -2.21. The molecule has 0 saturated heterocycles. The van der Waals surface area contributed by atoms with Crippen LogP contribution in [0.1, 0.15) is 5.69 Å². The van der Waals surface area contributed by atoms with Crippen molar-refractivity contribution in [1.29, 1.82) is 0 Å². The fourth-order valence-corrected chi connectivity index (χ4v) is 1.83. The van der Waals surface area contributed by atoms with E-state index in [0.29, 0.717) is 17.2 Å². The standard InChI is InChI=1S/C11H9ClN6/c1-6-4-9(18-17-6)15-10-7-2-3-13-5-8(7)14-11(12)16-10/h2-5H,1H3,(H2,14,15,16,17,18). The second-order valence-electron chi connectivity index (χ2n) is 3.80. The molecule has 0 unspecified atom stereocenters. The van der Waals surface area contributed by atoms with Gasteiger partial charge < -0.3 is 5.32 Å². The highest BCUT2D eigenvalue weighted by Crippen LogP contribution is 2.23. The van der Waals surface area contributed by atoms with Gasteiger partial charge in [0.05, 0.1) is 11.7 Å². The molecule has 0 aromatic carbocycles. The minimum atomic E-state index is 0.172. The van der Waals surface area contributed by atoms with Crippen molar-refractivity contribution >= 4 is 34.1 Å².